The Bertz CT molecular complexity index is 960. The van der Waals surface area contributed by atoms with Gasteiger partial charge in [-0.05, 0) is 25.7 Å². The standard InChI is InChI=1S/C22H38N3O13P3/c1-40-22(39)4-2-17(3-5-22)38-41(35,36)37-15-16(25(8-9-26)14-21(33)34)10-23(11-18(27)28)6-7-24(12-19(29)30)13-20(31)32/h6-7,9,16-18,27-28H,1-5,8,10-15,39H2,(H,29,30)(H,31,32)(H,33,34)(H,35,36)/p+1/b7-6-. The lowest BCUT2D eigenvalue weighted by atomic mass is 9.97. The van der Waals surface area contributed by atoms with Gasteiger partial charge in [0.2, 0.25) is 0 Å². The lowest BCUT2D eigenvalue weighted by molar-refractivity contribution is -0.141. The molecule has 16 nitrogen and oxygen atoms in total. The molecule has 0 aromatic carbocycles. The first-order valence-corrected chi connectivity index (χ1v) is 15.5. The summed E-state index contributed by atoms with van der Waals surface area (Å²) >= 11 is 0. The fraction of sp³-hybridized carbons (Fsp3) is 0.682. The number of aldehydes is 1. The highest BCUT2D eigenvalue weighted by Gasteiger charge is 2.35. The van der Waals surface area contributed by atoms with Crippen LogP contribution in [-0.4, -0.2) is 145 Å². The van der Waals surface area contributed by atoms with Crippen LogP contribution >= 0.6 is 25.3 Å². The van der Waals surface area contributed by atoms with Crippen LogP contribution in [0, 0.1) is 0 Å². The Labute approximate surface area is 241 Å². The third kappa shape index (κ3) is 15.7. The zero-order valence-corrected chi connectivity index (χ0v) is 25.3. The molecule has 234 valence electrons. The molecular formula is C22H39N3O13P3+. The van der Waals surface area contributed by atoms with E-state index in [1.165, 1.54) is 11.1 Å². The molecule has 41 heavy (non-hydrogen) atoms. The summed E-state index contributed by atoms with van der Waals surface area (Å²) in [4.78, 5) is 58.6. The normalized spacial score (nSPS) is 21.6. The molecule has 19 heteroatoms. The van der Waals surface area contributed by atoms with Gasteiger partial charge in [-0.2, -0.15) is 0 Å². The molecule has 0 heterocycles. The number of aliphatic hydroxyl groups excluding tert-OH is 1. The Kier molecular flexibility index (Phi) is 16.1. The van der Waals surface area contributed by atoms with Crippen LogP contribution in [-0.2, 0) is 32.8 Å². The first kappa shape index (κ1) is 37.0. The maximum Gasteiger partial charge on any atom is 0.535 e. The number of carboxylic acids is 2. The van der Waals surface area contributed by atoms with Crippen molar-refractivity contribution in [2.45, 2.75) is 49.0 Å². The summed E-state index contributed by atoms with van der Waals surface area (Å²) in [5, 5.41) is 44.6. The van der Waals surface area contributed by atoms with Gasteiger partial charge in [-0.3, -0.25) is 23.5 Å². The van der Waals surface area contributed by atoms with E-state index >= 15 is 0 Å². The van der Waals surface area contributed by atoms with E-state index < -0.39 is 83.5 Å². The summed E-state index contributed by atoms with van der Waals surface area (Å²) in [5.41, 5.74) is 0. The zero-order chi connectivity index (χ0) is 31.2. The third-order valence-corrected chi connectivity index (χ3v) is 9.25. The number of carbonyl (C=O) groups is 4. The molecule has 7 N–H and O–H groups in total. The van der Waals surface area contributed by atoms with E-state index in [-0.39, 0.29) is 11.4 Å². The van der Waals surface area contributed by atoms with E-state index in [4.69, 9.17) is 19.3 Å². The van der Waals surface area contributed by atoms with Crippen molar-refractivity contribution in [3.63, 3.8) is 0 Å². The van der Waals surface area contributed by atoms with Crippen molar-refractivity contribution in [2.75, 3.05) is 45.9 Å². The van der Waals surface area contributed by atoms with Crippen LogP contribution in [0.2, 0.25) is 0 Å². The molecule has 3 atom stereocenters. The van der Waals surface area contributed by atoms with Crippen molar-refractivity contribution >= 4 is 55.8 Å². The first-order valence-electron chi connectivity index (χ1n) is 12.4. The Balaban J connectivity index is 3.13. The van der Waals surface area contributed by atoms with Crippen LogP contribution in [0.1, 0.15) is 25.7 Å². The fourth-order valence-corrected chi connectivity index (χ4v) is 5.94. The number of phosphoric ester groups is 1. The van der Waals surface area contributed by atoms with E-state index in [9.17, 15) is 44.0 Å². The van der Waals surface area contributed by atoms with Gasteiger partial charge in [-0.25, -0.2) is 4.57 Å². The molecule has 0 aliphatic heterocycles. The van der Waals surface area contributed by atoms with E-state index in [1.54, 1.807) is 0 Å². The molecule has 0 amide bonds. The van der Waals surface area contributed by atoms with Crippen molar-refractivity contribution < 1.29 is 63.2 Å². The van der Waals surface area contributed by atoms with Crippen molar-refractivity contribution in [3.05, 3.63) is 12.4 Å². The third-order valence-electron chi connectivity index (χ3n) is 6.01. The average molecular weight is 646 g/mol. The summed E-state index contributed by atoms with van der Waals surface area (Å²) in [6.45, 7) is -3.74. The lowest BCUT2D eigenvalue weighted by Crippen LogP contribution is -2.49. The molecular weight excluding hydrogens is 607 g/mol. The summed E-state index contributed by atoms with van der Waals surface area (Å²) < 4.78 is 23.3. The molecule has 1 saturated carbocycles. The van der Waals surface area contributed by atoms with Crippen molar-refractivity contribution in [2.24, 2.45) is 0 Å². The molecule has 0 bridgehead atoms. The van der Waals surface area contributed by atoms with Gasteiger partial charge in [0.15, 0.2) is 12.8 Å². The lowest BCUT2D eigenvalue weighted by Gasteiger charge is -2.35. The minimum absolute atomic E-state index is 0.0976. The van der Waals surface area contributed by atoms with E-state index in [0.717, 1.165) is 24.2 Å². The van der Waals surface area contributed by atoms with Crippen LogP contribution in [0.3, 0.4) is 0 Å². The number of phosphoric acid groups is 1. The summed E-state index contributed by atoms with van der Waals surface area (Å²) in [6.07, 6.45) is 6.46. The van der Waals surface area contributed by atoms with Crippen molar-refractivity contribution in [1.29, 1.82) is 0 Å². The van der Waals surface area contributed by atoms with Crippen LogP contribution in [0.15, 0.2) is 12.4 Å². The first-order chi connectivity index (χ1) is 19.1. The van der Waals surface area contributed by atoms with Gasteiger partial charge in [0.1, 0.15) is 12.8 Å². The quantitative estimate of drug-likeness (QED) is 0.0421. The van der Waals surface area contributed by atoms with E-state index in [1.807, 2.05) is 0 Å². The maximum atomic E-state index is 12.8. The number of carbonyl (C=O) groups excluding carboxylic acids is 2. The van der Waals surface area contributed by atoms with Crippen LogP contribution in [0.25, 0.3) is 0 Å². The molecule has 3 unspecified atom stereocenters. The Hall–Kier alpha value is -1.99. The second-order valence-corrected chi connectivity index (χ2v) is 13.6. The summed E-state index contributed by atoms with van der Waals surface area (Å²) in [5.74, 6) is -3.71. The molecule has 1 aliphatic carbocycles. The molecule has 0 aromatic heterocycles. The molecule has 0 aromatic rings. The number of rotatable bonds is 21. The van der Waals surface area contributed by atoms with Crippen LogP contribution in [0.4, 0.5) is 0 Å². The summed E-state index contributed by atoms with van der Waals surface area (Å²) in [6, 6.07) is -1.09. The molecule has 1 rings (SSSR count). The van der Waals surface area contributed by atoms with E-state index in [0.29, 0.717) is 32.0 Å². The van der Waals surface area contributed by atoms with E-state index in [2.05, 4.69) is 15.5 Å². The van der Waals surface area contributed by atoms with Crippen LogP contribution < -0.4 is 0 Å². The average Bonchev–Trinajstić information content (AvgIpc) is 2.84. The molecule has 0 radical (unpaired) electrons. The van der Waals surface area contributed by atoms with Crippen LogP contribution in [0.5, 0.6) is 0 Å². The fourth-order valence-electron chi connectivity index (χ4n) is 4.02. The molecule has 1 fully saturated rings. The SMILES string of the molecule is C=PC1(P)CCC(OP(=O)(O)OCC(CN(/C=C\N(CC(=O)O)CC(=O)[OH2+])CC(O)O)N(CC=O)CC(=O)O)CC1. The van der Waals surface area contributed by atoms with Gasteiger partial charge < -0.3 is 45.0 Å². The molecule has 0 saturated heterocycles. The molecule has 0 spiro atoms. The largest absolute Gasteiger partial charge is 0.563 e. The van der Waals surface area contributed by atoms with Gasteiger partial charge in [0.25, 0.3) is 0 Å². The minimum atomic E-state index is -4.65. The number of hydrogen-bond donors (Lipinski definition) is 5. The number of carboxylic acid groups (broad SMARTS) is 2. The van der Waals surface area contributed by atoms with Crippen molar-refractivity contribution in [3.8, 4) is 0 Å². The Morgan fingerprint density at radius 2 is 1.68 bits per heavy atom. The number of aliphatic carboxylic acids is 2. The second-order valence-electron chi connectivity index (χ2n) is 9.43. The Morgan fingerprint density at radius 3 is 2.17 bits per heavy atom. The maximum absolute atomic E-state index is 12.8. The second kappa shape index (κ2) is 17.8. The van der Waals surface area contributed by atoms with Gasteiger partial charge >= 0.3 is 25.7 Å². The highest BCUT2D eigenvalue weighted by Crippen LogP contribution is 2.50. The minimum Gasteiger partial charge on any atom is -0.563 e. The number of nitrogens with zero attached hydrogens (tertiary/aromatic N) is 3. The van der Waals surface area contributed by atoms with Gasteiger partial charge in [0, 0.05) is 28.6 Å². The number of hydrogen-bond acceptors (Lipinski definition) is 12. The highest BCUT2D eigenvalue weighted by atomic mass is 31.2. The van der Waals surface area contributed by atoms with Gasteiger partial charge in [-0.1, -0.05) is 6.30 Å². The monoisotopic (exact) mass is 646 g/mol. The molecule has 1 aliphatic rings. The van der Waals surface area contributed by atoms with Gasteiger partial charge in [-0.15, -0.1) is 17.4 Å². The predicted molar refractivity (Wildman–Crippen MR) is 151 cm³/mol. The predicted octanol–water partition coefficient (Wildman–Crippen LogP) is -1.31. The zero-order valence-electron chi connectivity index (χ0n) is 22.4. The summed E-state index contributed by atoms with van der Waals surface area (Å²) in [7, 11) is -0.969. The van der Waals surface area contributed by atoms with Gasteiger partial charge in [0.05, 0.1) is 38.4 Å². The highest BCUT2D eigenvalue weighted by molar-refractivity contribution is 7.50. The number of aliphatic hydroxyl groups is 2. The van der Waals surface area contributed by atoms with Crippen molar-refractivity contribution in [1.82, 2.24) is 14.7 Å². The smallest absolute Gasteiger partial charge is 0.535 e. The topological polar surface area (TPSA) is 238 Å². The Morgan fingerprint density at radius 1 is 1.10 bits per heavy atom.